The third-order valence-corrected chi connectivity index (χ3v) is 6.28. The molecule has 4 aromatic rings. The number of hydrogen-bond donors (Lipinski definition) is 1. The zero-order valence-corrected chi connectivity index (χ0v) is 20.4. The van der Waals surface area contributed by atoms with Gasteiger partial charge in [-0.1, -0.05) is 13.8 Å². The van der Waals surface area contributed by atoms with Crippen LogP contribution in [0.1, 0.15) is 31.7 Å². The number of carbonyl (C=O) groups excluding carboxylic acids is 1. The molecule has 0 spiro atoms. The van der Waals surface area contributed by atoms with Gasteiger partial charge in [0.15, 0.2) is 11.6 Å². The molecular weight excluding hydrogens is 442 g/mol. The Morgan fingerprint density at radius 2 is 1.86 bits per heavy atom. The van der Waals surface area contributed by atoms with Crippen molar-refractivity contribution in [1.82, 2.24) is 34.8 Å². The van der Waals surface area contributed by atoms with Gasteiger partial charge in [0.1, 0.15) is 5.82 Å². The number of fused-ring (bicyclic) bond motifs is 1. The number of likely N-dealkylation sites (N-methyl/N-ethyl adjacent to an activating group) is 1. The average molecular weight is 472 g/mol. The Kier molecular flexibility index (Phi) is 6.02. The molecule has 180 valence electrons. The first-order chi connectivity index (χ1) is 16.9. The number of aromatic nitrogens is 6. The molecular formula is C25H29N9O. The first-order valence-electron chi connectivity index (χ1n) is 11.8. The lowest BCUT2D eigenvalue weighted by Gasteiger charge is -2.21. The van der Waals surface area contributed by atoms with E-state index in [1.165, 1.54) is 0 Å². The summed E-state index contributed by atoms with van der Waals surface area (Å²) < 4.78 is 1.80. The smallest absolute Gasteiger partial charge is 0.224 e. The summed E-state index contributed by atoms with van der Waals surface area (Å²) in [5.74, 6) is 2.70. The topological polar surface area (TPSA) is 105 Å². The van der Waals surface area contributed by atoms with Gasteiger partial charge in [0.2, 0.25) is 5.91 Å². The average Bonchev–Trinajstić information content (AvgIpc) is 3.16. The lowest BCUT2D eigenvalue weighted by atomic mass is 10.1. The Hall–Kier alpha value is -4.08. The molecule has 1 aliphatic heterocycles. The molecule has 10 heteroatoms. The van der Waals surface area contributed by atoms with E-state index in [1.807, 2.05) is 50.8 Å². The molecule has 10 nitrogen and oxygen atoms in total. The van der Waals surface area contributed by atoms with E-state index in [-0.39, 0.29) is 5.91 Å². The number of amides is 1. The van der Waals surface area contributed by atoms with Gasteiger partial charge in [0, 0.05) is 63.7 Å². The summed E-state index contributed by atoms with van der Waals surface area (Å²) in [7, 11) is 3.75. The lowest BCUT2D eigenvalue weighted by molar-refractivity contribution is -0.129. The monoisotopic (exact) mass is 471 g/mol. The van der Waals surface area contributed by atoms with Gasteiger partial charge in [-0.3, -0.25) is 14.5 Å². The molecule has 0 radical (unpaired) electrons. The number of anilines is 3. The van der Waals surface area contributed by atoms with E-state index in [0.29, 0.717) is 37.1 Å². The summed E-state index contributed by atoms with van der Waals surface area (Å²) in [4.78, 5) is 25.5. The quantitative estimate of drug-likeness (QED) is 0.472. The van der Waals surface area contributed by atoms with Crippen LogP contribution in [-0.4, -0.2) is 67.4 Å². The lowest BCUT2D eigenvalue weighted by Crippen LogP contribution is -2.30. The van der Waals surface area contributed by atoms with Crippen molar-refractivity contribution in [3.63, 3.8) is 0 Å². The van der Waals surface area contributed by atoms with Crippen molar-refractivity contribution in [3.05, 3.63) is 48.4 Å². The third-order valence-electron chi connectivity index (χ3n) is 6.28. The summed E-state index contributed by atoms with van der Waals surface area (Å²) in [6.45, 7) is 6.28. The number of hydrogen-bond acceptors (Lipinski definition) is 8. The van der Waals surface area contributed by atoms with Crippen molar-refractivity contribution in [2.75, 3.05) is 36.9 Å². The number of rotatable bonds is 5. The highest BCUT2D eigenvalue weighted by molar-refractivity contribution is 5.85. The van der Waals surface area contributed by atoms with Crippen LogP contribution < -0.4 is 10.2 Å². The molecule has 1 fully saturated rings. The zero-order chi connectivity index (χ0) is 24.5. The van der Waals surface area contributed by atoms with Crippen LogP contribution in [0.25, 0.3) is 22.2 Å². The number of nitrogens with zero attached hydrogens (tertiary/aromatic N) is 8. The molecule has 0 aliphatic carbocycles. The summed E-state index contributed by atoms with van der Waals surface area (Å²) in [5.41, 5.74) is 4.57. The van der Waals surface area contributed by atoms with E-state index in [1.54, 1.807) is 15.8 Å². The Bertz CT molecular complexity index is 1380. The minimum Gasteiger partial charge on any atom is -0.352 e. The Morgan fingerprint density at radius 3 is 2.69 bits per heavy atom. The largest absolute Gasteiger partial charge is 0.352 e. The Balaban J connectivity index is 1.46. The van der Waals surface area contributed by atoms with Crippen LogP contribution in [0.5, 0.6) is 0 Å². The number of aryl methyl sites for hydroxylation is 1. The van der Waals surface area contributed by atoms with Crippen molar-refractivity contribution in [3.8, 4) is 11.1 Å². The number of carbonyl (C=O) groups is 1. The van der Waals surface area contributed by atoms with Gasteiger partial charge in [0.05, 0.1) is 17.2 Å². The number of pyridine rings is 2. The van der Waals surface area contributed by atoms with E-state index in [0.717, 1.165) is 40.1 Å². The molecule has 0 saturated carbocycles. The molecule has 1 aliphatic rings. The zero-order valence-electron chi connectivity index (χ0n) is 20.4. The minimum atomic E-state index is 0.158. The predicted molar refractivity (Wildman–Crippen MR) is 136 cm³/mol. The highest BCUT2D eigenvalue weighted by Gasteiger charge is 2.23. The fourth-order valence-electron chi connectivity index (χ4n) is 4.17. The van der Waals surface area contributed by atoms with E-state index < -0.39 is 0 Å². The maximum absolute atomic E-state index is 12.2. The molecule has 0 unspecified atom stereocenters. The molecule has 35 heavy (non-hydrogen) atoms. The first-order valence-corrected chi connectivity index (χ1v) is 11.8. The van der Waals surface area contributed by atoms with Gasteiger partial charge < -0.3 is 15.1 Å². The van der Waals surface area contributed by atoms with Crippen LogP contribution >= 0.6 is 0 Å². The SMILES string of the molecule is CC(C)c1cnnc(Nc2ccc3ncc(-c4cn(C)nc4N4CCC(=O)N(C)CC4)cc3n2)c1. The van der Waals surface area contributed by atoms with Crippen LogP contribution in [0.15, 0.2) is 42.9 Å². The highest BCUT2D eigenvalue weighted by Crippen LogP contribution is 2.31. The summed E-state index contributed by atoms with van der Waals surface area (Å²) in [6.07, 6.45) is 6.09. The maximum Gasteiger partial charge on any atom is 0.224 e. The highest BCUT2D eigenvalue weighted by atomic mass is 16.2. The van der Waals surface area contributed by atoms with Gasteiger partial charge in [0.25, 0.3) is 0 Å². The summed E-state index contributed by atoms with van der Waals surface area (Å²) >= 11 is 0. The summed E-state index contributed by atoms with van der Waals surface area (Å²) in [5, 5.41) is 16.3. The fourth-order valence-corrected chi connectivity index (χ4v) is 4.17. The second-order valence-corrected chi connectivity index (χ2v) is 9.20. The van der Waals surface area contributed by atoms with Crippen LogP contribution in [-0.2, 0) is 11.8 Å². The Morgan fingerprint density at radius 1 is 1.00 bits per heavy atom. The fraction of sp³-hybridized carbons (Fsp3) is 0.360. The van der Waals surface area contributed by atoms with Crippen LogP contribution in [0.2, 0.25) is 0 Å². The van der Waals surface area contributed by atoms with Crippen molar-refractivity contribution in [2.24, 2.45) is 7.05 Å². The van der Waals surface area contributed by atoms with E-state index in [4.69, 9.17) is 10.1 Å². The van der Waals surface area contributed by atoms with Crippen molar-refractivity contribution >= 4 is 34.4 Å². The normalized spacial score (nSPS) is 14.6. The van der Waals surface area contributed by atoms with Gasteiger partial charge in [-0.2, -0.15) is 10.2 Å². The second kappa shape index (κ2) is 9.28. The van der Waals surface area contributed by atoms with E-state index >= 15 is 0 Å². The minimum absolute atomic E-state index is 0.158. The summed E-state index contributed by atoms with van der Waals surface area (Å²) in [6, 6.07) is 7.84. The van der Waals surface area contributed by atoms with Crippen molar-refractivity contribution < 1.29 is 4.79 Å². The van der Waals surface area contributed by atoms with Crippen molar-refractivity contribution in [1.29, 1.82) is 0 Å². The predicted octanol–water partition coefficient (Wildman–Crippen LogP) is 3.36. The van der Waals surface area contributed by atoms with Gasteiger partial charge >= 0.3 is 0 Å². The molecule has 0 atom stereocenters. The standard InChI is InChI=1S/C25H29N9O/c1-16(2)17-12-23(30-27-14-17)29-22-6-5-20-21(28-22)11-18(13-26-20)19-15-33(4)31-25(19)34-8-7-24(35)32(3)9-10-34/h5-6,11-16H,7-10H2,1-4H3,(H,28,29,30). The molecule has 1 saturated heterocycles. The molecule has 1 amide bonds. The number of nitrogens with one attached hydrogen (secondary N) is 1. The molecule has 5 rings (SSSR count). The molecule has 4 aromatic heterocycles. The van der Waals surface area contributed by atoms with Gasteiger partial charge in [-0.15, -0.1) is 5.10 Å². The molecule has 0 aromatic carbocycles. The molecule has 5 heterocycles. The van der Waals surface area contributed by atoms with E-state index in [9.17, 15) is 4.79 Å². The van der Waals surface area contributed by atoms with Gasteiger partial charge in [-0.25, -0.2) is 4.98 Å². The Labute approximate surface area is 204 Å². The molecule has 1 N–H and O–H groups in total. The van der Waals surface area contributed by atoms with Crippen LogP contribution in [0.4, 0.5) is 17.5 Å². The van der Waals surface area contributed by atoms with Crippen LogP contribution in [0.3, 0.4) is 0 Å². The molecule has 0 bridgehead atoms. The van der Waals surface area contributed by atoms with Gasteiger partial charge in [-0.05, 0) is 35.7 Å². The first kappa shape index (κ1) is 22.7. The maximum atomic E-state index is 12.2. The van der Waals surface area contributed by atoms with Crippen molar-refractivity contribution in [2.45, 2.75) is 26.2 Å². The third kappa shape index (κ3) is 4.77. The van der Waals surface area contributed by atoms with Crippen LogP contribution in [0, 0.1) is 0 Å². The second-order valence-electron chi connectivity index (χ2n) is 9.20. The van der Waals surface area contributed by atoms with E-state index in [2.05, 4.69) is 39.2 Å².